The molecule has 2 aromatic rings. The maximum absolute atomic E-state index is 11.5. The monoisotopic (exact) mass is 391 g/mol. The smallest absolute Gasteiger partial charge is 0.303 e. The molecule has 4 rings (SSSR count). The van der Waals surface area contributed by atoms with Crippen LogP contribution in [0.4, 0.5) is 5.82 Å². The van der Waals surface area contributed by atoms with E-state index in [1.807, 2.05) is 4.90 Å². The van der Waals surface area contributed by atoms with Crippen LogP contribution < -0.4 is 14.4 Å². The van der Waals surface area contributed by atoms with Gasteiger partial charge < -0.3 is 23.8 Å². The third-order valence-electron chi connectivity index (χ3n) is 5.12. The van der Waals surface area contributed by atoms with Gasteiger partial charge in [0.05, 0.1) is 38.9 Å². The summed E-state index contributed by atoms with van der Waals surface area (Å²) in [5.74, 6) is 1.29. The predicted octanol–water partition coefficient (Wildman–Crippen LogP) is 1.02. The molecule has 0 amide bonds. The summed E-state index contributed by atoms with van der Waals surface area (Å²) in [4.78, 5) is 26.8. The summed E-state index contributed by atoms with van der Waals surface area (Å²) in [7, 11) is 3.11. The van der Waals surface area contributed by atoms with Crippen LogP contribution in [0, 0.1) is 0 Å². The largest absolute Gasteiger partial charge is 0.493 e. The second-order valence-electron chi connectivity index (χ2n) is 6.65. The molecule has 4 atom stereocenters. The van der Waals surface area contributed by atoms with Crippen molar-refractivity contribution in [2.24, 2.45) is 0 Å². The molecule has 1 aromatic carbocycles. The molecule has 1 aromatic heterocycles. The molecular formula is C18H21N3O7. The van der Waals surface area contributed by atoms with Gasteiger partial charge in [0.2, 0.25) is 0 Å². The molecular weight excluding hydrogens is 370 g/mol. The van der Waals surface area contributed by atoms with Gasteiger partial charge in [0, 0.05) is 18.4 Å². The van der Waals surface area contributed by atoms with Crippen LogP contribution in [0.2, 0.25) is 0 Å². The van der Waals surface area contributed by atoms with E-state index in [2.05, 4.69) is 14.9 Å². The van der Waals surface area contributed by atoms with Crippen LogP contribution in [0.25, 0.3) is 10.9 Å². The fourth-order valence-electron chi connectivity index (χ4n) is 3.98. The van der Waals surface area contributed by atoms with Crippen molar-refractivity contribution in [2.45, 2.75) is 31.3 Å². The molecule has 2 fully saturated rings. The van der Waals surface area contributed by atoms with Gasteiger partial charge in [0.1, 0.15) is 30.5 Å². The highest BCUT2D eigenvalue weighted by Crippen LogP contribution is 2.40. The zero-order valence-electron chi connectivity index (χ0n) is 15.7. The Kier molecular flexibility index (Phi) is 4.92. The molecule has 0 spiro atoms. The molecule has 2 aliphatic rings. The second-order valence-corrected chi connectivity index (χ2v) is 6.65. The van der Waals surface area contributed by atoms with Gasteiger partial charge in [-0.25, -0.2) is 14.9 Å². The number of nitrogens with zero attached hydrogens (tertiary/aromatic N) is 3. The van der Waals surface area contributed by atoms with Gasteiger partial charge in [-0.3, -0.25) is 10.1 Å². The molecule has 0 saturated carbocycles. The van der Waals surface area contributed by atoms with E-state index in [4.69, 9.17) is 18.9 Å². The number of ether oxygens (including phenoxy) is 4. The number of methoxy groups -OCH3 is 2. The molecule has 0 unspecified atom stereocenters. The van der Waals surface area contributed by atoms with E-state index >= 15 is 0 Å². The van der Waals surface area contributed by atoms with Gasteiger partial charge >= 0.3 is 5.97 Å². The van der Waals surface area contributed by atoms with Crippen LogP contribution in [0.15, 0.2) is 18.5 Å². The van der Waals surface area contributed by atoms with Gasteiger partial charge in [-0.1, -0.05) is 0 Å². The number of rotatable bonds is 5. The summed E-state index contributed by atoms with van der Waals surface area (Å²) >= 11 is 0. The van der Waals surface area contributed by atoms with Gasteiger partial charge in [-0.05, 0) is 6.07 Å². The van der Waals surface area contributed by atoms with Crippen molar-refractivity contribution in [3.63, 3.8) is 0 Å². The van der Waals surface area contributed by atoms with Crippen molar-refractivity contribution in [3.8, 4) is 11.5 Å². The summed E-state index contributed by atoms with van der Waals surface area (Å²) in [5.41, 5.74) is 0.663. The molecule has 2 aliphatic heterocycles. The van der Waals surface area contributed by atoms with Crippen LogP contribution in [0.3, 0.4) is 0 Å². The Labute approximate surface area is 160 Å². The second kappa shape index (κ2) is 7.38. The molecule has 2 saturated heterocycles. The van der Waals surface area contributed by atoms with E-state index in [1.165, 1.54) is 13.3 Å². The number of hydrogen-bond acceptors (Lipinski definition) is 10. The van der Waals surface area contributed by atoms with Crippen molar-refractivity contribution < 1.29 is 33.9 Å². The Balaban J connectivity index is 1.80. The normalized spacial score (nSPS) is 26.4. The maximum Gasteiger partial charge on any atom is 0.303 e. The third kappa shape index (κ3) is 2.99. The van der Waals surface area contributed by atoms with E-state index in [0.29, 0.717) is 29.4 Å². The van der Waals surface area contributed by atoms with Crippen molar-refractivity contribution in [3.05, 3.63) is 18.5 Å². The minimum atomic E-state index is -0.601. The lowest BCUT2D eigenvalue weighted by Crippen LogP contribution is -2.43. The number of hydrogen-bond donors (Lipinski definition) is 1. The zero-order chi connectivity index (χ0) is 19.8. The Bertz CT molecular complexity index is 893. The molecule has 0 bridgehead atoms. The Morgan fingerprint density at radius 1 is 1.21 bits per heavy atom. The number of carbonyl (C=O) groups is 1. The van der Waals surface area contributed by atoms with E-state index in [1.54, 1.807) is 26.4 Å². The summed E-state index contributed by atoms with van der Waals surface area (Å²) in [5, 5.41) is 10.1. The fraction of sp³-hybridized carbons (Fsp3) is 0.500. The Morgan fingerprint density at radius 2 is 1.96 bits per heavy atom. The molecule has 0 radical (unpaired) electrons. The van der Waals surface area contributed by atoms with Crippen LogP contribution >= 0.6 is 0 Å². The van der Waals surface area contributed by atoms with E-state index in [9.17, 15) is 10.1 Å². The predicted molar refractivity (Wildman–Crippen MR) is 96.6 cm³/mol. The van der Waals surface area contributed by atoms with Crippen molar-refractivity contribution in [2.75, 3.05) is 32.3 Å². The lowest BCUT2D eigenvalue weighted by Gasteiger charge is -2.28. The number of carbonyl (C=O) groups excluding carboxylic acids is 1. The lowest BCUT2D eigenvalue weighted by atomic mass is 10.1. The fourth-order valence-corrected chi connectivity index (χ4v) is 3.98. The highest BCUT2D eigenvalue weighted by molar-refractivity contribution is 5.92. The van der Waals surface area contributed by atoms with Crippen LogP contribution in [0.1, 0.15) is 6.92 Å². The van der Waals surface area contributed by atoms with Gasteiger partial charge in [-0.2, -0.15) is 0 Å². The first-order valence-electron chi connectivity index (χ1n) is 8.79. The molecule has 3 heterocycles. The molecule has 0 aliphatic carbocycles. The minimum Gasteiger partial charge on any atom is -0.493 e. The Hall–Kier alpha value is -2.69. The molecule has 10 heteroatoms. The minimum absolute atomic E-state index is 0.214. The van der Waals surface area contributed by atoms with Crippen molar-refractivity contribution in [1.82, 2.24) is 9.97 Å². The zero-order valence-corrected chi connectivity index (χ0v) is 15.7. The van der Waals surface area contributed by atoms with Gasteiger partial charge in [0.25, 0.3) is 0 Å². The van der Waals surface area contributed by atoms with E-state index < -0.39 is 24.3 Å². The molecule has 150 valence electrons. The molecule has 28 heavy (non-hydrogen) atoms. The van der Waals surface area contributed by atoms with E-state index in [0.717, 1.165) is 5.39 Å². The van der Waals surface area contributed by atoms with Crippen molar-refractivity contribution >= 4 is 22.7 Å². The highest BCUT2D eigenvalue weighted by Gasteiger charge is 2.54. The summed E-state index contributed by atoms with van der Waals surface area (Å²) in [6, 6.07) is 3.21. The number of fused-ring (bicyclic) bond motifs is 2. The maximum atomic E-state index is 11.5. The molecule has 1 N–H and O–H groups in total. The first kappa shape index (κ1) is 18.7. The number of esters is 1. The Morgan fingerprint density at radius 3 is 2.64 bits per heavy atom. The third-order valence-corrected chi connectivity index (χ3v) is 5.12. The first-order valence-corrected chi connectivity index (χ1v) is 8.79. The van der Waals surface area contributed by atoms with Crippen LogP contribution in [-0.4, -0.2) is 72.9 Å². The van der Waals surface area contributed by atoms with Gasteiger partial charge in [-0.15, -0.1) is 0 Å². The van der Waals surface area contributed by atoms with Crippen molar-refractivity contribution in [1.29, 1.82) is 0 Å². The lowest BCUT2D eigenvalue weighted by molar-refractivity contribution is -0.288. The molecule has 10 nitrogen and oxygen atoms in total. The van der Waals surface area contributed by atoms with Gasteiger partial charge in [0.15, 0.2) is 11.5 Å². The summed E-state index contributed by atoms with van der Waals surface area (Å²) in [6.45, 7) is 1.87. The van der Waals surface area contributed by atoms with Crippen LogP contribution in [0.5, 0.6) is 11.5 Å². The van der Waals surface area contributed by atoms with Crippen LogP contribution in [-0.2, 0) is 19.2 Å². The highest BCUT2D eigenvalue weighted by atomic mass is 17.1. The average molecular weight is 391 g/mol. The SMILES string of the molecule is COc1cc2ncnc(N3C[C@@H](OO)[C@@H]4OC[C@@H](OC(C)=O)[C@@H]43)c2cc1OC. The topological polar surface area (TPSA) is 112 Å². The quantitative estimate of drug-likeness (QED) is 0.450. The first-order chi connectivity index (χ1) is 13.6. The summed E-state index contributed by atoms with van der Waals surface area (Å²) in [6.07, 6.45) is -0.120. The summed E-state index contributed by atoms with van der Waals surface area (Å²) < 4.78 is 21.9. The number of aromatic nitrogens is 2. The number of benzene rings is 1. The average Bonchev–Trinajstić information content (AvgIpc) is 3.26. The standard InChI is InChI=1S/C18H21N3O7/c1-9(22)27-15-7-26-17-14(28-23)6-21(16(15)17)18-10-4-12(24-2)13(25-3)5-11(10)19-8-20-18/h4-5,8,14-17,23H,6-7H2,1-3H3/t14-,15-,16+,17+/m1/s1. The van der Waals surface area contributed by atoms with E-state index in [-0.39, 0.29) is 12.6 Å². The number of anilines is 1.